The van der Waals surface area contributed by atoms with Crippen LogP contribution in [0.15, 0.2) is 28.4 Å². The van der Waals surface area contributed by atoms with Crippen LogP contribution in [0.1, 0.15) is 20.4 Å². The lowest BCUT2D eigenvalue weighted by molar-refractivity contribution is -0.254. The highest BCUT2D eigenvalue weighted by Crippen LogP contribution is 2.21. The highest BCUT2D eigenvalue weighted by Gasteiger charge is 2.10. The smallest absolute Gasteiger partial charge is 0.259 e. The van der Waals surface area contributed by atoms with Crippen molar-refractivity contribution in [3.63, 3.8) is 0 Å². The first-order valence-electron chi connectivity index (χ1n) is 5.40. The van der Waals surface area contributed by atoms with Gasteiger partial charge in [0.2, 0.25) is 0 Å². The number of carboxylic acid groups (broad SMARTS) is 1. The number of aromatic carboxylic acids is 1. The Labute approximate surface area is 115 Å². The number of H-pyrrole nitrogens is 1. The van der Waals surface area contributed by atoms with Crippen LogP contribution in [-0.4, -0.2) is 15.9 Å². The number of aromatic amines is 1. The SMILES string of the molecule is O=C([O-])c1cc2c(=O)[nH]c(Cc3cccs3)nc2s1. The number of nitrogens with one attached hydrogen (secondary N) is 1. The second kappa shape index (κ2) is 4.60. The van der Waals surface area contributed by atoms with Gasteiger partial charge in [0.25, 0.3) is 5.56 Å². The number of carboxylic acids is 1. The predicted octanol–water partition coefficient (Wildman–Crippen LogP) is 1.00. The van der Waals surface area contributed by atoms with E-state index in [9.17, 15) is 14.7 Å². The summed E-state index contributed by atoms with van der Waals surface area (Å²) < 4.78 is 0. The molecule has 3 aromatic heterocycles. The van der Waals surface area contributed by atoms with Gasteiger partial charge < -0.3 is 14.9 Å². The number of hydrogen-bond donors (Lipinski definition) is 1. The van der Waals surface area contributed by atoms with Gasteiger partial charge in [0.15, 0.2) is 0 Å². The Morgan fingerprint density at radius 1 is 1.47 bits per heavy atom. The van der Waals surface area contributed by atoms with Crippen molar-refractivity contribution in [3.8, 4) is 0 Å². The second-order valence-corrected chi connectivity index (χ2v) is 5.95. The number of nitrogens with zero attached hydrogens (tertiary/aromatic N) is 1. The third-order valence-electron chi connectivity index (χ3n) is 2.57. The molecule has 0 bridgehead atoms. The summed E-state index contributed by atoms with van der Waals surface area (Å²) in [6.07, 6.45) is 0.529. The summed E-state index contributed by atoms with van der Waals surface area (Å²) >= 11 is 2.53. The van der Waals surface area contributed by atoms with Gasteiger partial charge in [-0.15, -0.1) is 22.7 Å². The van der Waals surface area contributed by atoms with E-state index in [-0.39, 0.29) is 10.4 Å². The quantitative estimate of drug-likeness (QED) is 0.780. The van der Waals surface area contributed by atoms with Gasteiger partial charge in [-0.25, -0.2) is 4.98 Å². The van der Waals surface area contributed by atoms with E-state index in [0.717, 1.165) is 16.2 Å². The zero-order valence-corrected chi connectivity index (χ0v) is 11.1. The van der Waals surface area contributed by atoms with Gasteiger partial charge in [0.05, 0.1) is 16.2 Å². The molecule has 0 atom stereocenters. The Balaban J connectivity index is 2.08. The van der Waals surface area contributed by atoms with Crippen LogP contribution in [0.4, 0.5) is 0 Å². The zero-order valence-electron chi connectivity index (χ0n) is 9.50. The maximum Gasteiger partial charge on any atom is 0.259 e. The van der Waals surface area contributed by atoms with Crippen LogP contribution in [0.5, 0.6) is 0 Å². The molecule has 0 saturated heterocycles. The fourth-order valence-corrected chi connectivity index (χ4v) is 3.33. The van der Waals surface area contributed by atoms with E-state index in [1.165, 1.54) is 6.07 Å². The van der Waals surface area contributed by atoms with E-state index >= 15 is 0 Å². The summed E-state index contributed by atoms with van der Waals surface area (Å²) in [5.41, 5.74) is -0.319. The number of fused-ring (bicyclic) bond motifs is 1. The number of carbonyl (C=O) groups excluding carboxylic acids is 1. The molecule has 5 nitrogen and oxygen atoms in total. The topological polar surface area (TPSA) is 85.9 Å². The van der Waals surface area contributed by atoms with Gasteiger partial charge in [0, 0.05) is 11.3 Å². The molecular formula is C12H7N2O3S2-. The lowest BCUT2D eigenvalue weighted by Crippen LogP contribution is -2.20. The molecule has 7 heteroatoms. The number of aromatic nitrogens is 2. The minimum absolute atomic E-state index is 0.0151. The third-order valence-corrected chi connectivity index (χ3v) is 4.46. The van der Waals surface area contributed by atoms with Crippen molar-refractivity contribution in [1.29, 1.82) is 0 Å². The minimum Gasteiger partial charge on any atom is -0.544 e. The summed E-state index contributed by atoms with van der Waals surface area (Å²) in [7, 11) is 0. The molecular weight excluding hydrogens is 284 g/mol. The molecule has 0 fully saturated rings. The van der Waals surface area contributed by atoms with Crippen LogP contribution >= 0.6 is 22.7 Å². The molecule has 0 saturated carbocycles. The van der Waals surface area contributed by atoms with Gasteiger partial charge in [-0.1, -0.05) is 6.07 Å². The molecule has 0 radical (unpaired) electrons. The number of hydrogen-bond acceptors (Lipinski definition) is 6. The summed E-state index contributed by atoms with van der Waals surface area (Å²) in [4.78, 5) is 31.1. The van der Waals surface area contributed by atoms with E-state index in [0.29, 0.717) is 22.5 Å². The summed E-state index contributed by atoms with van der Waals surface area (Å²) in [6.45, 7) is 0. The average Bonchev–Trinajstić information content (AvgIpc) is 2.97. The van der Waals surface area contributed by atoms with Gasteiger partial charge in [-0.3, -0.25) is 4.79 Å². The molecule has 0 aliphatic heterocycles. The first-order chi connectivity index (χ1) is 9.13. The highest BCUT2D eigenvalue weighted by molar-refractivity contribution is 7.20. The monoisotopic (exact) mass is 291 g/mol. The van der Waals surface area contributed by atoms with E-state index in [1.54, 1.807) is 11.3 Å². The van der Waals surface area contributed by atoms with Crippen LogP contribution < -0.4 is 10.7 Å². The van der Waals surface area contributed by atoms with Crippen molar-refractivity contribution in [2.75, 3.05) is 0 Å². The second-order valence-electron chi connectivity index (χ2n) is 3.89. The fourth-order valence-electron chi connectivity index (χ4n) is 1.74. The molecule has 0 aliphatic rings. The van der Waals surface area contributed by atoms with Crippen molar-refractivity contribution in [1.82, 2.24) is 9.97 Å². The van der Waals surface area contributed by atoms with Gasteiger partial charge in [0.1, 0.15) is 10.7 Å². The molecule has 3 rings (SSSR count). The standard InChI is InChI=1S/C12H8N2O3S2/c15-10-7-5-8(12(16)17)19-11(7)14-9(13-10)4-6-2-1-3-18-6/h1-3,5H,4H2,(H,16,17)(H,13,14,15)/p-1. The summed E-state index contributed by atoms with van der Waals surface area (Å²) in [5, 5.41) is 13.0. The Morgan fingerprint density at radius 3 is 3.00 bits per heavy atom. The lowest BCUT2D eigenvalue weighted by Gasteiger charge is -1.98. The Bertz CT molecular complexity index is 802. The minimum atomic E-state index is -1.29. The van der Waals surface area contributed by atoms with Crippen molar-refractivity contribution < 1.29 is 9.90 Å². The molecule has 3 heterocycles. The van der Waals surface area contributed by atoms with Crippen molar-refractivity contribution in [2.24, 2.45) is 0 Å². The maximum atomic E-state index is 11.9. The number of rotatable bonds is 3. The molecule has 0 spiro atoms. The van der Waals surface area contributed by atoms with Gasteiger partial charge in [-0.2, -0.15) is 0 Å². The number of thiophene rings is 2. The van der Waals surface area contributed by atoms with Crippen LogP contribution in [0.3, 0.4) is 0 Å². The van der Waals surface area contributed by atoms with Gasteiger partial charge >= 0.3 is 0 Å². The van der Waals surface area contributed by atoms with Crippen molar-refractivity contribution >= 4 is 38.9 Å². The Morgan fingerprint density at radius 2 is 2.32 bits per heavy atom. The molecule has 0 amide bonds. The van der Waals surface area contributed by atoms with E-state index in [4.69, 9.17) is 0 Å². The third kappa shape index (κ3) is 2.29. The fraction of sp³-hybridized carbons (Fsp3) is 0.0833. The highest BCUT2D eigenvalue weighted by atomic mass is 32.1. The van der Waals surface area contributed by atoms with Crippen LogP contribution in [0, 0.1) is 0 Å². The van der Waals surface area contributed by atoms with Crippen LogP contribution in [0.2, 0.25) is 0 Å². The molecule has 1 N–H and O–H groups in total. The normalized spacial score (nSPS) is 10.9. The molecule has 0 unspecified atom stereocenters. The Kier molecular flexibility index (Phi) is 2.92. The molecule has 0 aromatic carbocycles. The number of carbonyl (C=O) groups is 1. The van der Waals surface area contributed by atoms with E-state index in [1.807, 2.05) is 17.5 Å². The zero-order chi connectivity index (χ0) is 13.4. The summed E-state index contributed by atoms with van der Waals surface area (Å²) in [5.74, 6) is -0.756. The average molecular weight is 291 g/mol. The van der Waals surface area contributed by atoms with Crippen molar-refractivity contribution in [2.45, 2.75) is 6.42 Å². The summed E-state index contributed by atoms with van der Waals surface area (Å²) in [6, 6.07) is 5.18. The van der Waals surface area contributed by atoms with E-state index in [2.05, 4.69) is 9.97 Å². The van der Waals surface area contributed by atoms with Crippen LogP contribution in [0.25, 0.3) is 10.2 Å². The van der Waals surface area contributed by atoms with E-state index < -0.39 is 5.97 Å². The Hall–Kier alpha value is -1.99. The first kappa shape index (κ1) is 12.1. The van der Waals surface area contributed by atoms with Gasteiger partial charge in [-0.05, 0) is 17.5 Å². The lowest BCUT2D eigenvalue weighted by atomic mass is 10.3. The van der Waals surface area contributed by atoms with Crippen molar-refractivity contribution in [3.05, 3.63) is 49.5 Å². The largest absolute Gasteiger partial charge is 0.544 e. The first-order valence-corrected chi connectivity index (χ1v) is 7.09. The molecule has 19 heavy (non-hydrogen) atoms. The maximum absolute atomic E-state index is 11.9. The molecule has 96 valence electrons. The van der Waals surface area contributed by atoms with Crippen LogP contribution in [-0.2, 0) is 6.42 Å². The molecule has 3 aromatic rings. The molecule has 0 aliphatic carbocycles. The predicted molar refractivity (Wildman–Crippen MR) is 71.7 cm³/mol.